The van der Waals surface area contributed by atoms with Crippen LogP contribution in [0.4, 0.5) is 0 Å². The monoisotopic (exact) mass is 239 g/mol. The van der Waals surface area contributed by atoms with Crippen LogP contribution in [0.25, 0.3) is 0 Å². The Labute approximate surface area is 102 Å². The van der Waals surface area contributed by atoms with Crippen molar-refractivity contribution in [3.05, 3.63) is 0 Å². The summed E-state index contributed by atoms with van der Waals surface area (Å²) in [5.74, 6) is 0.790. The van der Waals surface area contributed by atoms with Gasteiger partial charge in [0.1, 0.15) is 0 Å². The number of carbonyl (C=O) groups excluding carboxylic acids is 2. The lowest BCUT2D eigenvalue weighted by molar-refractivity contribution is -0.140. The highest BCUT2D eigenvalue weighted by molar-refractivity contribution is 5.85. The van der Waals surface area contributed by atoms with Gasteiger partial charge in [-0.3, -0.25) is 14.5 Å². The number of hydrogen-bond acceptors (Lipinski definition) is 3. The molecule has 0 spiro atoms. The number of carbonyl (C=O) groups is 2. The van der Waals surface area contributed by atoms with Gasteiger partial charge in [0.15, 0.2) is 0 Å². The molecular formula is C12H21N3O2. The van der Waals surface area contributed by atoms with Crippen molar-refractivity contribution in [3.8, 4) is 0 Å². The molecule has 1 aliphatic carbocycles. The van der Waals surface area contributed by atoms with Gasteiger partial charge in [-0.05, 0) is 18.8 Å². The lowest BCUT2D eigenvalue weighted by Crippen LogP contribution is -2.53. The Balaban J connectivity index is 1.76. The fourth-order valence-electron chi connectivity index (χ4n) is 2.37. The standard InChI is InChI=1S/C12H21N3O2/c1-13-11(16)8-15-6-5-14(9-12(15)17)7-10-3-2-4-10/h10H,2-9H2,1H3,(H,13,16). The number of nitrogens with zero attached hydrogens (tertiary/aromatic N) is 2. The van der Waals surface area contributed by atoms with Crippen LogP contribution < -0.4 is 5.32 Å². The lowest BCUT2D eigenvalue weighted by Gasteiger charge is -2.37. The molecule has 2 rings (SSSR count). The van der Waals surface area contributed by atoms with E-state index in [4.69, 9.17) is 0 Å². The smallest absolute Gasteiger partial charge is 0.239 e. The molecule has 1 saturated carbocycles. The molecule has 2 fully saturated rings. The first-order valence-corrected chi connectivity index (χ1v) is 6.39. The molecule has 1 aliphatic heterocycles. The molecule has 1 heterocycles. The zero-order valence-electron chi connectivity index (χ0n) is 10.4. The second-order valence-corrected chi connectivity index (χ2v) is 5.02. The maximum absolute atomic E-state index is 11.8. The quantitative estimate of drug-likeness (QED) is 0.731. The molecule has 1 N–H and O–H groups in total. The maximum Gasteiger partial charge on any atom is 0.239 e. The highest BCUT2D eigenvalue weighted by Gasteiger charge is 2.28. The third kappa shape index (κ3) is 3.19. The van der Waals surface area contributed by atoms with E-state index in [9.17, 15) is 9.59 Å². The minimum Gasteiger partial charge on any atom is -0.358 e. The van der Waals surface area contributed by atoms with E-state index in [0.29, 0.717) is 13.1 Å². The summed E-state index contributed by atoms with van der Waals surface area (Å²) in [6.07, 6.45) is 3.97. The highest BCUT2D eigenvalue weighted by atomic mass is 16.2. The lowest BCUT2D eigenvalue weighted by atomic mass is 9.85. The summed E-state index contributed by atoms with van der Waals surface area (Å²) in [5, 5.41) is 2.55. The second kappa shape index (κ2) is 5.49. The van der Waals surface area contributed by atoms with Crippen molar-refractivity contribution in [2.45, 2.75) is 19.3 Å². The van der Waals surface area contributed by atoms with Gasteiger partial charge in [-0.25, -0.2) is 0 Å². The van der Waals surface area contributed by atoms with Crippen molar-refractivity contribution in [1.82, 2.24) is 15.1 Å². The van der Waals surface area contributed by atoms with E-state index in [2.05, 4.69) is 10.2 Å². The normalized spacial score (nSPS) is 22.4. The predicted octanol–water partition coefficient (Wildman–Crippen LogP) is -0.323. The van der Waals surface area contributed by atoms with Gasteiger partial charge in [0.05, 0.1) is 13.1 Å². The summed E-state index contributed by atoms with van der Waals surface area (Å²) < 4.78 is 0. The van der Waals surface area contributed by atoms with Crippen LogP contribution in [0.3, 0.4) is 0 Å². The van der Waals surface area contributed by atoms with Crippen LogP contribution in [-0.4, -0.2) is 61.4 Å². The van der Waals surface area contributed by atoms with Gasteiger partial charge in [-0.15, -0.1) is 0 Å². The van der Waals surface area contributed by atoms with E-state index < -0.39 is 0 Å². The minimum absolute atomic E-state index is 0.0826. The summed E-state index contributed by atoms with van der Waals surface area (Å²) in [4.78, 5) is 26.9. The Kier molecular flexibility index (Phi) is 3.99. The summed E-state index contributed by atoms with van der Waals surface area (Å²) in [6.45, 7) is 3.32. The van der Waals surface area contributed by atoms with Crippen molar-refractivity contribution in [3.63, 3.8) is 0 Å². The van der Waals surface area contributed by atoms with Crippen molar-refractivity contribution in [2.24, 2.45) is 5.92 Å². The summed E-state index contributed by atoms with van der Waals surface area (Å²) >= 11 is 0. The molecule has 0 radical (unpaired) electrons. The Morgan fingerprint density at radius 1 is 1.41 bits per heavy atom. The van der Waals surface area contributed by atoms with Gasteiger partial charge >= 0.3 is 0 Å². The fourth-order valence-corrected chi connectivity index (χ4v) is 2.37. The molecule has 0 bridgehead atoms. The van der Waals surface area contributed by atoms with Crippen molar-refractivity contribution < 1.29 is 9.59 Å². The van der Waals surface area contributed by atoms with Crippen LogP contribution in [0, 0.1) is 5.92 Å². The minimum atomic E-state index is -0.0919. The van der Waals surface area contributed by atoms with E-state index in [1.54, 1.807) is 11.9 Å². The Morgan fingerprint density at radius 3 is 2.71 bits per heavy atom. The SMILES string of the molecule is CNC(=O)CN1CCN(CC2CCC2)CC1=O. The van der Waals surface area contributed by atoms with Crippen LogP contribution in [-0.2, 0) is 9.59 Å². The van der Waals surface area contributed by atoms with Crippen LogP contribution >= 0.6 is 0 Å². The molecular weight excluding hydrogens is 218 g/mol. The second-order valence-electron chi connectivity index (χ2n) is 5.02. The van der Waals surface area contributed by atoms with Crippen LogP contribution in [0.15, 0.2) is 0 Å². The average molecular weight is 239 g/mol. The van der Waals surface area contributed by atoms with Crippen LogP contribution in [0.5, 0.6) is 0 Å². The predicted molar refractivity (Wildman–Crippen MR) is 64.4 cm³/mol. The Morgan fingerprint density at radius 2 is 2.18 bits per heavy atom. The zero-order valence-corrected chi connectivity index (χ0v) is 10.4. The topological polar surface area (TPSA) is 52.7 Å². The van der Waals surface area contributed by atoms with Gasteiger partial charge < -0.3 is 10.2 Å². The molecule has 2 aliphatic rings. The van der Waals surface area contributed by atoms with Crippen LogP contribution in [0.2, 0.25) is 0 Å². The number of amides is 2. The molecule has 17 heavy (non-hydrogen) atoms. The molecule has 1 saturated heterocycles. The van der Waals surface area contributed by atoms with Gasteiger partial charge in [-0.2, -0.15) is 0 Å². The third-order valence-electron chi connectivity index (χ3n) is 3.75. The fraction of sp³-hybridized carbons (Fsp3) is 0.833. The van der Waals surface area contributed by atoms with Crippen LogP contribution in [0.1, 0.15) is 19.3 Å². The van der Waals surface area contributed by atoms with E-state index in [1.165, 1.54) is 19.3 Å². The van der Waals surface area contributed by atoms with Crippen molar-refractivity contribution in [2.75, 3.05) is 39.8 Å². The first kappa shape index (κ1) is 12.4. The molecule has 5 heteroatoms. The van der Waals surface area contributed by atoms with Gasteiger partial charge in [0.25, 0.3) is 0 Å². The molecule has 0 aromatic rings. The van der Waals surface area contributed by atoms with Crippen molar-refractivity contribution >= 4 is 11.8 Å². The largest absolute Gasteiger partial charge is 0.358 e. The van der Waals surface area contributed by atoms with E-state index in [-0.39, 0.29) is 18.4 Å². The van der Waals surface area contributed by atoms with Gasteiger partial charge in [0, 0.05) is 26.7 Å². The number of nitrogens with one attached hydrogen (secondary N) is 1. The Hall–Kier alpha value is -1.10. The zero-order chi connectivity index (χ0) is 12.3. The number of rotatable bonds is 4. The van der Waals surface area contributed by atoms with Gasteiger partial charge in [0.2, 0.25) is 11.8 Å². The Bertz CT molecular complexity index is 302. The maximum atomic E-state index is 11.8. The van der Waals surface area contributed by atoms with E-state index in [1.807, 2.05) is 0 Å². The molecule has 0 aromatic carbocycles. The molecule has 2 amide bonds. The molecule has 96 valence electrons. The number of likely N-dealkylation sites (N-methyl/N-ethyl adjacent to an activating group) is 1. The van der Waals surface area contributed by atoms with E-state index >= 15 is 0 Å². The van der Waals surface area contributed by atoms with E-state index in [0.717, 1.165) is 19.0 Å². The summed E-state index contributed by atoms with van der Waals surface area (Å²) in [6, 6.07) is 0. The summed E-state index contributed by atoms with van der Waals surface area (Å²) in [5.41, 5.74) is 0. The average Bonchev–Trinajstić information content (AvgIpc) is 2.27. The summed E-state index contributed by atoms with van der Waals surface area (Å²) in [7, 11) is 1.60. The first-order chi connectivity index (χ1) is 8.19. The van der Waals surface area contributed by atoms with Crippen molar-refractivity contribution in [1.29, 1.82) is 0 Å². The third-order valence-corrected chi connectivity index (χ3v) is 3.75. The van der Waals surface area contributed by atoms with Gasteiger partial charge in [-0.1, -0.05) is 6.42 Å². The molecule has 0 aromatic heterocycles. The molecule has 5 nitrogen and oxygen atoms in total. The highest BCUT2D eigenvalue weighted by Crippen LogP contribution is 2.27. The first-order valence-electron chi connectivity index (χ1n) is 6.39. The number of hydrogen-bond donors (Lipinski definition) is 1. The number of piperazine rings is 1. The molecule has 0 unspecified atom stereocenters. The molecule has 0 atom stereocenters.